The van der Waals surface area contributed by atoms with E-state index in [4.69, 9.17) is 5.73 Å². The van der Waals surface area contributed by atoms with Crippen LogP contribution in [0.3, 0.4) is 0 Å². The van der Waals surface area contributed by atoms with E-state index in [2.05, 4.69) is 25.5 Å². The van der Waals surface area contributed by atoms with Crippen LogP contribution in [-0.4, -0.2) is 21.0 Å². The molecule has 0 saturated heterocycles. The van der Waals surface area contributed by atoms with E-state index in [0.717, 1.165) is 17.5 Å². The van der Waals surface area contributed by atoms with Gasteiger partial charge in [0.15, 0.2) is 0 Å². The van der Waals surface area contributed by atoms with Crippen LogP contribution in [0, 0.1) is 19.3 Å². The van der Waals surface area contributed by atoms with Gasteiger partial charge in [-0.2, -0.15) is 0 Å². The summed E-state index contributed by atoms with van der Waals surface area (Å²) in [4.78, 5) is 0.295. The number of hydrogen-bond donors (Lipinski definition) is 2. The fraction of sp³-hybridized carbons (Fsp3) is 0.600. The zero-order valence-electron chi connectivity index (χ0n) is 13.0. The number of hydrogen-bond acceptors (Lipinski definition) is 3. The highest BCUT2D eigenvalue weighted by Crippen LogP contribution is 2.20. The summed E-state index contributed by atoms with van der Waals surface area (Å²) in [6, 6.07) is 4.95. The van der Waals surface area contributed by atoms with E-state index in [9.17, 15) is 8.42 Å². The molecule has 0 aromatic heterocycles. The summed E-state index contributed by atoms with van der Waals surface area (Å²) in [5.41, 5.74) is 8.10. The molecule has 3 N–H and O–H groups in total. The molecule has 0 bridgehead atoms. The second-order valence-electron chi connectivity index (χ2n) is 6.62. The largest absolute Gasteiger partial charge is 0.326 e. The Bertz CT molecular complexity index is 560. The average Bonchev–Trinajstić information content (AvgIpc) is 2.28. The molecule has 0 spiro atoms. The first-order valence-corrected chi connectivity index (χ1v) is 8.32. The van der Waals surface area contributed by atoms with Crippen LogP contribution in [0.5, 0.6) is 0 Å². The zero-order chi connectivity index (χ0) is 15.6. The summed E-state index contributed by atoms with van der Waals surface area (Å²) in [6.45, 7) is 10.4. The number of benzene rings is 1. The summed E-state index contributed by atoms with van der Waals surface area (Å²) < 4.78 is 27.0. The minimum atomic E-state index is -3.48. The van der Waals surface area contributed by atoms with E-state index in [1.807, 2.05) is 19.9 Å². The molecule has 1 aromatic rings. The van der Waals surface area contributed by atoms with Crippen LogP contribution in [0.2, 0.25) is 0 Å². The Labute approximate surface area is 122 Å². The average molecular weight is 298 g/mol. The zero-order valence-corrected chi connectivity index (χ0v) is 13.8. The van der Waals surface area contributed by atoms with Crippen LogP contribution in [0.4, 0.5) is 0 Å². The maximum Gasteiger partial charge on any atom is 0.240 e. The van der Waals surface area contributed by atoms with Crippen molar-refractivity contribution in [3.05, 3.63) is 29.3 Å². The third-order valence-corrected chi connectivity index (χ3v) is 4.62. The van der Waals surface area contributed by atoms with Crippen molar-refractivity contribution in [3.8, 4) is 0 Å². The predicted octanol–water partition coefficient (Wildman–Crippen LogP) is 2.35. The third kappa shape index (κ3) is 5.23. The lowest BCUT2D eigenvalue weighted by molar-refractivity contribution is 0.338. The summed E-state index contributed by atoms with van der Waals surface area (Å²) in [7, 11) is -3.48. The first kappa shape index (κ1) is 17.1. The fourth-order valence-corrected chi connectivity index (χ4v) is 3.22. The molecule has 0 radical (unpaired) electrons. The van der Waals surface area contributed by atoms with Gasteiger partial charge in [-0.25, -0.2) is 13.1 Å². The second-order valence-corrected chi connectivity index (χ2v) is 8.39. The minimum absolute atomic E-state index is 0.0886. The number of nitrogens with two attached hydrogens (primary N) is 1. The van der Waals surface area contributed by atoms with E-state index in [-0.39, 0.29) is 18.0 Å². The molecule has 1 atom stereocenters. The molecule has 0 heterocycles. The third-order valence-electron chi connectivity index (χ3n) is 3.20. The lowest BCUT2D eigenvalue weighted by Crippen LogP contribution is -2.39. The van der Waals surface area contributed by atoms with Gasteiger partial charge in [-0.3, -0.25) is 0 Å². The Morgan fingerprint density at radius 1 is 1.20 bits per heavy atom. The van der Waals surface area contributed by atoms with E-state index in [0.29, 0.717) is 4.90 Å². The van der Waals surface area contributed by atoms with Gasteiger partial charge in [0.25, 0.3) is 0 Å². The first-order valence-electron chi connectivity index (χ1n) is 6.84. The number of aryl methyl sites for hydroxylation is 2. The highest BCUT2D eigenvalue weighted by molar-refractivity contribution is 7.89. The minimum Gasteiger partial charge on any atom is -0.326 e. The SMILES string of the molecule is Cc1ccc(S(=O)(=O)NCC(N)CC(C)(C)C)cc1C. The van der Waals surface area contributed by atoms with Crippen molar-refractivity contribution in [2.75, 3.05) is 6.54 Å². The van der Waals surface area contributed by atoms with Gasteiger partial charge in [-0.1, -0.05) is 26.8 Å². The van der Waals surface area contributed by atoms with E-state index in [1.165, 1.54) is 0 Å². The summed E-state index contributed by atoms with van der Waals surface area (Å²) in [5.74, 6) is 0. The fourth-order valence-electron chi connectivity index (χ4n) is 2.04. The highest BCUT2D eigenvalue weighted by Gasteiger charge is 2.19. The molecule has 114 valence electrons. The monoisotopic (exact) mass is 298 g/mol. The van der Waals surface area contributed by atoms with Gasteiger partial charge in [-0.15, -0.1) is 0 Å². The number of nitrogens with one attached hydrogen (secondary N) is 1. The van der Waals surface area contributed by atoms with Gasteiger partial charge in [0.2, 0.25) is 10.0 Å². The molecule has 1 unspecified atom stereocenters. The molecule has 0 aliphatic rings. The summed E-state index contributed by atoms with van der Waals surface area (Å²) in [6.07, 6.45) is 0.766. The second kappa shape index (κ2) is 6.24. The molecule has 0 saturated carbocycles. The van der Waals surface area contributed by atoms with Gasteiger partial charge in [0, 0.05) is 12.6 Å². The maximum atomic E-state index is 12.2. The quantitative estimate of drug-likeness (QED) is 0.876. The van der Waals surface area contributed by atoms with Crippen molar-refractivity contribution in [2.45, 2.75) is 52.0 Å². The molecule has 4 nitrogen and oxygen atoms in total. The summed E-state index contributed by atoms with van der Waals surface area (Å²) >= 11 is 0. The molecule has 1 aromatic carbocycles. The Kier molecular flexibility index (Phi) is 5.35. The molecule has 0 amide bonds. The van der Waals surface area contributed by atoms with Gasteiger partial charge in [0.05, 0.1) is 4.90 Å². The van der Waals surface area contributed by atoms with Gasteiger partial charge >= 0.3 is 0 Å². The molecule has 1 rings (SSSR count). The van der Waals surface area contributed by atoms with Crippen molar-refractivity contribution in [1.29, 1.82) is 0 Å². The Morgan fingerprint density at radius 2 is 1.80 bits per heavy atom. The van der Waals surface area contributed by atoms with Crippen LogP contribution in [0.1, 0.15) is 38.3 Å². The predicted molar refractivity (Wildman–Crippen MR) is 83.2 cm³/mol. The lowest BCUT2D eigenvalue weighted by atomic mass is 9.88. The van der Waals surface area contributed by atoms with Crippen LogP contribution in [0.15, 0.2) is 23.1 Å². The van der Waals surface area contributed by atoms with Crippen molar-refractivity contribution >= 4 is 10.0 Å². The Balaban J connectivity index is 2.73. The van der Waals surface area contributed by atoms with Gasteiger partial charge in [0.1, 0.15) is 0 Å². The molecular formula is C15H26N2O2S. The topological polar surface area (TPSA) is 72.2 Å². The molecular weight excluding hydrogens is 272 g/mol. The van der Waals surface area contributed by atoms with Gasteiger partial charge < -0.3 is 5.73 Å². The standard InChI is InChI=1S/C15H26N2O2S/c1-11-6-7-14(8-12(11)2)20(18,19)17-10-13(16)9-15(3,4)5/h6-8,13,17H,9-10,16H2,1-5H3. The van der Waals surface area contributed by atoms with Gasteiger partial charge in [-0.05, 0) is 48.9 Å². The first-order chi connectivity index (χ1) is 9.01. The normalized spacial score (nSPS) is 14.3. The molecule has 0 fully saturated rings. The van der Waals surface area contributed by atoms with Crippen molar-refractivity contribution in [1.82, 2.24) is 4.72 Å². The summed E-state index contributed by atoms with van der Waals surface area (Å²) in [5, 5.41) is 0. The Morgan fingerprint density at radius 3 is 2.30 bits per heavy atom. The van der Waals surface area contributed by atoms with Crippen LogP contribution in [-0.2, 0) is 10.0 Å². The molecule has 20 heavy (non-hydrogen) atoms. The maximum absolute atomic E-state index is 12.2. The molecule has 0 aliphatic carbocycles. The lowest BCUT2D eigenvalue weighted by Gasteiger charge is -2.23. The van der Waals surface area contributed by atoms with Crippen molar-refractivity contribution < 1.29 is 8.42 Å². The molecule has 0 aliphatic heterocycles. The number of sulfonamides is 1. The van der Waals surface area contributed by atoms with E-state index in [1.54, 1.807) is 12.1 Å². The Hall–Kier alpha value is -0.910. The smallest absolute Gasteiger partial charge is 0.240 e. The van der Waals surface area contributed by atoms with Crippen molar-refractivity contribution in [3.63, 3.8) is 0 Å². The van der Waals surface area contributed by atoms with Crippen molar-refractivity contribution in [2.24, 2.45) is 11.1 Å². The number of rotatable bonds is 5. The van der Waals surface area contributed by atoms with E-state index < -0.39 is 10.0 Å². The molecule has 5 heteroatoms. The highest BCUT2D eigenvalue weighted by atomic mass is 32.2. The van der Waals surface area contributed by atoms with Crippen LogP contribution in [0.25, 0.3) is 0 Å². The van der Waals surface area contributed by atoms with Crippen LogP contribution < -0.4 is 10.5 Å². The van der Waals surface area contributed by atoms with E-state index >= 15 is 0 Å². The van der Waals surface area contributed by atoms with Crippen LogP contribution >= 0.6 is 0 Å².